The highest BCUT2D eigenvalue weighted by Crippen LogP contribution is 2.41. The van der Waals surface area contributed by atoms with Gasteiger partial charge in [-0.25, -0.2) is 13.9 Å². The van der Waals surface area contributed by atoms with E-state index in [-0.39, 0.29) is 37.4 Å². The first-order valence-electron chi connectivity index (χ1n) is 19.8. The van der Waals surface area contributed by atoms with E-state index in [1.54, 1.807) is 15.9 Å². The second-order valence-electron chi connectivity index (χ2n) is 18.5. The van der Waals surface area contributed by atoms with Crippen LogP contribution in [0.3, 0.4) is 0 Å². The van der Waals surface area contributed by atoms with Gasteiger partial charge in [0.25, 0.3) is 5.91 Å². The molecule has 2 aromatic heterocycles. The number of carbonyl (C=O) groups excluding carboxylic acids is 2. The Hall–Kier alpha value is -3.79. The summed E-state index contributed by atoms with van der Waals surface area (Å²) in [4.78, 5) is 29.9. The first-order chi connectivity index (χ1) is 26.0. The van der Waals surface area contributed by atoms with Gasteiger partial charge in [-0.05, 0) is 60.5 Å². The Bertz CT molecular complexity index is 1970. The summed E-state index contributed by atoms with van der Waals surface area (Å²) in [6.07, 6.45) is 2.39. The van der Waals surface area contributed by atoms with Crippen molar-refractivity contribution in [3.05, 3.63) is 76.7 Å². The zero-order valence-corrected chi connectivity index (χ0v) is 36.2. The van der Waals surface area contributed by atoms with Crippen LogP contribution >= 0.6 is 0 Å². The standard InChI is InChI=1S/C42H60FN5O5Si2/c1-42(2)15-14-33-38(27-42)48(30-52-21-23-55(6,7)8)44-39(33)37-25-32-24-35(43)34(26-36(32)47(37)29-51-20-22-54(3,4)5)40(49)45-16-18-46(19-17-45)41(50)53-28-31-12-10-9-11-13-31/h9-13,24-26H,14-23,27-30H2,1-8H3. The van der Waals surface area contributed by atoms with E-state index in [0.717, 1.165) is 53.8 Å². The molecule has 1 aliphatic carbocycles. The molecule has 0 atom stereocenters. The molecule has 13 heteroatoms. The van der Waals surface area contributed by atoms with Crippen LogP contribution in [0.25, 0.3) is 22.3 Å². The SMILES string of the molecule is CC1(C)CCc2c(-c3cc4cc(F)c(C(=O)N5CCN(C(=O)OCc6ccccc6)CC5)cc4n3COCC[Si](C)(C)C)nn(COCC[Si](C)(C)C)c2C1. The number of benzene rings is 2. The number of piperazine rings is 1. The molecular weight excluding hydrogens is 730 g/mol. The zero-order chi connectivity index (χ0) is 39.5. The molecule has 0 radical (unpaired) electrons. The van der Waals surface area contributed by atoms with Crippen molar-refractivity contribution in [1.82, 2.24) is 24.1 Å². The van der Waals surface area contributed by atoms with E-state index in [9.17, 15) is 9.59 Å². The van der Waals surface area contributed by atoms with E-state index >= 15 is 4.39 Å². The molecule has 55 heavy (non-hydrogen) atoms. The van der Waals surface area contributed by atoms with Crippen LogP contribution in [0.4, 0.5) is 9.18 Å². The third-order valence-corrected chi connectivity index (χ3v) is 14.2. The molecule has 1 fully saturated rings. The Morgan fingerprint density at radius 1 is 0.855 bits per heavy atom. The van der Waals surface area contributed by atoms with E-state index in [1.165, 1.54) is 17.3 Å². The summed E-state index contributed by atoms with van der Waals surface area (Å²) in [7, 11) is -2.59. The summed E-state index contributed by atoms with van der Waals surface area (Å²) < 4.78 is 38.2. The van der Waals surface area contributed by atoms with Gasteiger partial charge in [-0.2, -0.15) is 5.10 Å². The van der Waals surface area contributed by atoms with Crippen molar-refractivity contribution in [2.24, 2.45) is 5.41 Å². The van der Waals surface area contributed by atoms with Gasteiger partial charge in [0, 0.05) is 72.2 Å². The van der Waals surface area contributed by atoms with Crippen LogP contribution < -0.4 is 0 Å². The number of carbonyl (C=O) groups is 2. The number of fused-ring (bicyclic) bond motifs is 2. The molecule has 4 aromatic rings. The van der Waals surface area contributed by atoms with Gasteiger partial charge in [0.05, 0.1) is 16.8 Å². The summed E-state index contributed by atoms with van der Waals surface area (Å²) in [6.45, 7) is 22.0. The van der Waals surface area contributed by atoms with E-state index < -0.39 is 34.0 Å². The van der Waals surface area contributed by atoms with Gasteiger partial charge < -0.3 is 28.6 Å². The highest BCUT2D eigenvalue weighted by molar-refractivity contribution is 6.76. The summed E-state index contributed by atoms with van der Waals surface area (Å²) in [6, 6.07) is 16.8. The first-order valence-corrected chi connectivity index (χ1v) is 27.2. The van der Waals surface area contributed by atoms with Crippen LogP contribution in [0.5, 0.6) is 0 Å². The molecule has 298 valence electrons. The molecule has 0 unspecified atom stereocenters. The lowest BCUT2D eigenvalue weighted by Gasteiger charge is -2.34. The smallest absolute Gasteiger partial charge is 0.410 e. The number of nitrogens with zero attached hydrogens (tertiary/aromatic N) is 5. The second-order valence-corrected chi connectivity index (χ2v) is 29.7. The molecular formula is C42H60FN5O5Si2. The number of halogens is 1. The molecule has 0 bridgehead atoms. The number of aromatic nitrogens is 3. The van der Waals surface area contributed by atoms with Crippen molar-refractivity contribution in [3.8, 4) is 11.4 Å². The quantitative estimate of drug-likeness (QED) is 0.0937. The first kappa shape index (κ1) is 40.9. The largest absolute Gasteiger partial charge is 0.445 e. The zero-order valence-electron chi connectivity index (χ0n) is 34.2. The van der Waals surface area contributed by atoms with Crippen molar-refractivity contribution in [3.63, 3.8) is 0 Å². The van der Waals surface area contributed by atoms with Crippen LogP contribution in [0, 0.1) is 11.2 Å². The predicted molar refractivity (Wildman–Crippen MR) is 221 cm³/mol. The molecule has 1 aliphatic heterocycles. The van der Waals surface area contributed by atoms with Gasteiger partial charge >= 0.3 is 6.09 Å². The molecule has 2 aromatic carbocycles. The number of hydrogen-bond donors (Lipinski definition) is 0. The highest BCUT2D eigenvalue weighted by Gasteiger charge is 2.33. The monoisotopic (exact) mass is 789 g/mol. The Morgan fingerprint density at radius 3 is 2.15 bits per heavy atom. The lowest BCUT2D eigenvalue weighted by Crippen LogP contribution is -2.50. The average Bonchev–Trinajstić information content (AvgIpc) is 3.65. The molecule has 3 heterocycles. The normalized spacial score (nSPS) is 16.1. The number of amides is 2. The van der Waals surface area contributed by atoms with Gasteiger partial charge in [-0.1, -0.05) is 83.5 Å². The lowest BCUT2D eigenvalue weighted by atomic mass is 9.76. The molecule has 2 aliphatic rings. The molecule has 10 nitrogen and oxygen atoms in total. The van der Waals surface area contributed by atoms with Crippen molar-refractivity contribution < 1.29 is 28.2 Å². The molecule has 0 N–H and O–H groups in total. The molecule has 1 saturated heterocycles. The summed E-state index contributed by atoms with van der Waals surface area (Å²) in [5.41, 5.74) is 5.90. The van der Waals surface area contributed by atoms with Crippen LogP contribution in [0.15, 0.2) is 48.5 Å². The fraction of sp³-hybridized carbons (Fsp3) is 0.548. The molecule has 2 amide bonds. The van der Waals surface area contributed by atoms with Gasteiger partial charge in [0.15, 0.2) is 0 Å². The number of ether oxygens (including phenoxy) is 3. The van der Waals surface area contributed by atoms with E-state index in [2.05, 4.69) is 57.7 Å². The number of hydrogen-bond acceptors (Lipinski definition) is 6. The van der Waals surface area contributed by atoms with Gasteiger partial charge in [-0.3, -0.25) is 4.79 Å². The Morgan fingerprint density at radius 2 is 1.49 bits per heavy atom. The Kier molecular flexibility index (Phi) is 12.4. The fourth-order valence-electron chi connectivity index (χ4n) is 7.23. The van der Waals surface area contributed by atoms with Crippen molar-refractivity contribution in [2.45, 2.75) is 105 Å². The molecule has 6 rings (SSSR count). The number of rotatable bonds is 14. The van der Waals surface area contributed by atoms with Crippen molar-refractivity contribution in [2.75, 3.05) is 39.4 Å². The topological polar surface area (TPSA) is 91.1 Å². The maximum atomic E-state index is 16.0. The molecule has 0 saturated carbocycles. The lowest BCUT2D eigenvalue weighted by molar-refractivity contribution is 0.0540. The minimum atomic E-state index is -1.35. The van der Waals surface area contributed by atoms with Gasteiger partial charge in [0.1, 0.15) is 31.6 Å². The van der Waals surface area contributed by atoms with Crippen LogP contribution in [-0.4, -0.2) is 91.7 Å². The summed E-state index contributed by atoms with van der Waals surface area (Å²) in [5, 5.41) is 5.90. The van der Waals surface area contributed by atoms with E-state index in [0.29, 0.717) is 38.4 Å². The van der Waals surface area contributed by atoms with E-state index in [4.69, 9.17) is 19.3 Å². The van der Waals surface area contributed by atoms with Crippen LogP contribution in [0.2, 0.25) is 51.4 Å². The third kappa shape index (κ3) is 10.3. The maximum absolute atomic E-state index is 16.0. The van der Waals surface area contributed by atoms with Gasteiger partial charge in [0.2, 0.25) is 0 Å². The second kappa shape index (κ2) is 16.7. The third-order valence-electron chi connectivity index (χ3n) is 10.8. The van der Waals surface area contributed by atoms with Gasteiger partial charge in [-0.15, -0.1) is 0 Å². The minimum Gasteiger partial charge on any atom is -0.445 e. The predicted octanol–water partition coefficient (Wildman–Crippen LogP) is 8.88. The minimum absolute atomic E-state index is 0.00529. The van der Waals surface area contributed by atoms with Crippen LogP contribution in [0.1, 0.15) is 47.4 Å². The maximum Gasteiger partial charge on any atom is 0.410 e. The van der Waals surface area contributed by atoms with E-state index in [1.807, 2.05) is 41.1 Å². The fourth-order valence-corrected chi connectivity index (χ4v) is 8.74. The summed E-state index contributed by atoms with van der Waals surface area (Å²) >= 11 is 0. The Labute approximate surface area is 327 Å². The molecule has 0 spiro atoms. The Balaban J connectivity index is 1.27. The van der Waals surface area contributed by atoms with Crippen molar-refractivity contribution in [1.29, 1.82) is 0 Å². The van der Waals surface area contributed by atoms with Crippen molar-refractivity contribution >= 4 is 39.1 Å². The average molecular weight is 790 g/mol. The van der Waals surface area contributed by atoms with Crippen LogP contribution in [-0.2, 0) is 47.1 Å². The summed E-state index contributed by atoms with van der Waals surface area (Å²) in [5.74, 6) is -0.972. The highest BCUT2D eigenvalue weighted by atomic mass is 28.3.